The van der Waals surface area contributed by atoms with Crippen molar-refractivity contribution >= 4 is 5.78 Å². The number of methoxy groups -OCH3 is 1. The van der Waals surface area contributed by atoms with Gasteiger partial charge in [0.15, 0.2) is 11.7 Å². The van der Waals surface area contributed by atoms with Gasteiger partial charge in [0.2, 0.25) is 0 Å². The third kappa shape index (κ3) is 3.55. The predicted octanol–water partition coefficient (Wildman–Crippen LogP) is 1.08. The predicted molar refractivity (Wildman–Crippen MR) is 57.3 cm³/mol. The van der Waals surface area contributed by atoms with Gasteiger partial charge in [-0.1, -0.05) is 0 Å². The Labute approximate surface area is 90.6 Å². The highest BCUT2D eigenvalue weighted by Gasteiger charge is 2.27. The van der Waals surface area contributed by atoms with Crippen molar-refractivity contribution in [1.29, 1.82) is 0 Å². The van der Waals surface area contributed by atoms with E-state index in [1.54, 1.807) is 6.92 Å². The Kier molecular flexibility index (Phi) is 4.62. The number of carbonyl (C=O) groups excluding carboxylic acids is 1. The summed E-state index contributed by atoms with van der Waals surface area (Å²) < 4.78 is 10.2. The molecule has 1 N–H and O–H groups in total. The lowest BCUT2D eigenvalue weighted by Crippen LogP contribution is -2.43. The zero-order valence-electron chi connectivity index (χ0n) is 9.41. The Morgan fingerprint density at radius 1 is 1.53 bits per heavy atom. The van der Waals surface area contributed by atoms with Gasteiger partial charge in [-0.25, -0.2) is 0 Å². The second-order valence-corrected chi connectivity index (χ2v) is 3.81. The lowest BCUT2D eigenvalue weighted by atomic mass is 9.89. The van der Waals surface area contributed by atoms with Crippen LogP contribution in [0.25, 0.3) is 0 Å². The lowest BCUT2D eigenvalue weighted by Gasteiger charge is -2.29. The molecule has 1 unspecified atom stereocenters. The quantitative estimate of drug-likeness (QED) is 0.694. The number of carbonyl (C=O) groups is 1. The maximum atomic E-state index is 11.5. The van der Waals surface area contributed by atoms with Crippen LogP contribution in [0.3, 0.4) is 0 Å². The first kappa shape index (κ1) is 12.0. The van der Waals surface area contributed by atoms with E-state index in [9.17, 15) is 4.79 Å². The Bertz CT molecular complexity index is 234. The van der Waals surface area contributed by atoms with Crippen LogP contribution in [-0.4, -0.2) is 32.1 Å². The summed E-state index contributed by atoms with van der Waals surface area (Å²) in [4.78, 5) is 11.5. The average Bonchev–Trinajstić information content (AvgIpc) is 2.26. The van der Waals surface area contributed by atoms with E-state index in [4.69, 9.17) is 9.47 Å². The zero-order valence-corrected chi connectivity index (χ0v) is 9.41. The fraction of sp³-hybridized carbons (Fsp3) is 0.727. The maximum Gasteiger partial charge on any atom is 0.179 e. The summed E-state index contributed by atoms with van der Waals surface area (Å²) in [5.74, 6) is 0.893. The molecule has 0 bridgehead atoms. The monoisotopic (exact) mass is 213 g/mol. The standard InChI is InChI=1S/C11H19NO3/c1-8(13)11(12-9(2)14-3)10-4-6-15-7-5-10/h10-12H,2,4-7H2,1,3H3. The van der Waals surface area contributed by atoms with Crippen molar-refractivity contribution in [1.82, 2.24) is 5.32 Å². The maximum absolute atomic E-state index is 11.5. The van der Waals surface area contributed by atoms with Crippen LogP contribution in [-0.2, 0) is 14.3 Å². The lowest BCUT2D eigenvalue weighted by molar-refractivity contribution is -0.121. The van der Waals surface area contributed by atoms with E-state index in [0.717, 1.165) is 26.1 Å². The van der Waals surface area contributed by atoms with Gasteiger partial charge in [0.1, 0.15) is 0 Å². The smallest absolute Gasteiger partial charge is 0.179 e. The third-order valence-electron chi connectivity index (χ3n) is 2.74. The molecule has 1 heterocycles. The molecule has 4 heteroatoms. The van der Waals surface area contributed by atoms with Gasteiger partial charge in [-0.2, -0.15) is 0 Å². The van der Waals surface area contributed by atoms with E-state index in [1.165, 1.54) is 7.11 Å². The highest BCUT2D eigenvalue weighted by molar-refractivity contribution is 5.82. The minimum atomic E-state index is -0.193. The van der Waals surface area contributed by atoms with Crippen LogP contribution < -0.4 is 5.32 Å². The first-order valence-corrected chi connectivity index (χ1v) is 5.22. The Morgan fingerprint density at radius 2 is 2.13 bits per heavy atom. The molecule has 1 atom stereocenters. The molecule has 1 aliphatic rings. The number of Topliss-reactive ketones (excluding diaryl/α,β-unsaturated/α-hetero) is 1. The Hall–Kier alpha value is -1.03. The van der Waals surface area contributed by atoms with E-state index in [-0.39, 0.29) is 11.8 Å². The van der Waals surface area contributed by atoms with Crippen LogP contribution >= 0.6 is 0 Å². The first-order valence-electron chi connectivity index (χ1n) is 5.22. The summed E-state index contributed by atoms with van der Waals surface area (Å²) in [6.07, 6.45) is 1.82. The second kappa shape index (κ2) is 5.75. The highest BCUT2D eigenvalue weighted by Crippen LogP contribution is 2.20. The van der Waals surface area contributed by atoms with E-state index >= 15 is 0 Å². The molecule has 1 fully saturated rings. The minimum Gasteiger partial charge on any atom is -0.483 e. The van der Waals surface area contributed by atoms with E-state index in [2.05, 4.69) is 11.9 Å². The number of ketones is 1. The number of nitrogens with one attached hydrogen (secondary N) is 1. The van der Waals surface area contributed by atoms with Crippen LogP contribution in [0, 0.1) is 5.92 Å². The molecule has 4 nitrogen and oxygen atoms in total. The molecule has 0 aliphatic carbocycles. The molecule has 1 saturated heterocycles. The van der Waals surface area contributed by atoms with Gasteiger partial charge in [-0.3, -0.25) is 4.79 Å². The van der Waals surface area contributed by atoms with Crippen LogP contribution in [0.5, 0.6) is 0 Å². The summed E-state index contributed by atoms with van der Waals surface area (Å²) in [6, 6.07) is -0.193. The fourth-order valence-corrected chi connectivity index (χ4v) is 1.83. The average molecular weight is 213 g/mol. The van der Waals surface area contributed by atoms with E-state index < -0.39 is 0 Å². The van der Waals surface area contributed by atoms with Crippen molar-refractivity contribution in [3.05, 3.63) is 12.5 Å². The molecule has 86 valence electrons. The molecule has 0 aromatic heterocycles. The summed E-state index contributed by atoms with van der Waals surface area (Å²) in [6.45, 7) is 6.73. The first-order chi connectivity index (χ1) is 7.15. The van der Waals surface area contributed by atoms with E-state index in [0.29, 0.717) is 11.8 Å². The van der Waals surface area contributed by atoms with Crippen molar-refractivity contribution in [3.63, 3.8) is 0 Å². The molecular weight excluding hydrogens is 194 g/mol. The molecular formula is C11H19NO3. The van der Waals surface area contributed by atoms with Gasteiger partial charge >= 0.3 is 0 Å². The number of ether oxygens (including phenoxy) is 2. The zero-order chi connectivity index (χ0) is 11.3. The molecule has 15 heavy (non-hydrogen) atoms. The molecule has 0 aromatic carbocycles. The molecule has 0 saturated carbocycles. The van der Waals surface area contributed by atoms with E-state index in [1.807, 2.05) is 0 Å². The normalized spacial score (nSPS) is 19.3. The molecule has 0 spiro atoms. The largest absolute Gasteiger partial charge is 0.483 e. The summed E-state index contributed by atoms with van der Waals surface area (Å²) in [7, 11) is 1.54. The number of rotatable bonds is 5. The van der Waals surface area contributed by atoms with Crippen LogP contribution in [0.1, 0.15) is 19.8 Å². The minimum absolute atomic E-state index is 0.125. The van der Waals surface area contributed by atoms with Crippen LogP contribution in [0.15, 0.2) is 12.5 Å². The number of hydrogen-bond acceptors (Lipinski definition) is 4. The highest BCUT2D eigenvalue weighted by atomic mass is 16.5. The van der Waals surface area contributed by atoms with Crippen LogP contribution in [0.2, 0.25) is 0 Å². The Balaban J connectivity index is 2.55. The topological polar surface area (TPSA) is 47.6 Å². The van der Waals surface area contributed by atoms with Gasteiger partial charge in [0.05, 0.1) is 13.2 Å². The van der Waals surface area contributed by atoms with Gasteiger partial charge in [0, 0.05) is 13.2 Å². The summed E-state index contributed by atoms with van der Waals surface area (Å²) >= 11 is 0. The van der Waals surface area contributed by atoms with Crippen LogP contribution in [0.4, 0.5) is 0 Å². The molecule has 1 rings (SSSR count). The van der Waals surface area contributed by atoms with Crippen molar-refractivity contribution < 1.29 is 14.3 Å². The van der Waals surface area contributed by atoms with Gasteiger partial charge in [-0.05, 0) is 32.3 Å². The van der Waals surface area contributed by atoms with Crippen molar-refractivity contribution in [3.8, 4) is 0 Å². The van der Waals surface area contributed by atoms with Gasteiger partial charge in [0.25, 0.3) is 0 Å². The summed E-state index contributed by atoms with van der Waals surface area (Å²) in [5.41, 5.74) is 0. The SMILES string of the molecule is C=C(NC(C(C)=O)C1CCOCC1)OC. The van der Waals surface area contributed by atoms with Gasteiger partial charge < -0.3 is 14.8 Å². The number of hydrogen-bond donors (Lipinski definition) is 1. The second-order valence-electron chi connectivity index (χ2n) is 3.81. The fourth-order valence-electron chi connectivity index (χ4n) is 1.83. The van der Waals surface area contributed by atoms with Gasteiger partial charge in [-0.15, -0.1) is 0 Å². The molecule has 0 amide bonds. The summed E-state index contributed by atoms with van der Waals surface area (Å²) in [5, 5.41) is 3.01. The molecule has 0 radical (unpaired) electrons. The van der Waals surface area contributed by atoms with Crippen molar-refractivity contribution in [2.75, 3.05) is 20.3 Å². The Morgan fingerprint density at radius 3 is 2.60 bits per heavy atom. The molecule has 1 aliphatic heterocycles. The van der Waals surface area contributed by atoms with Crippen molar-refractivity contribution in [2.24, 2.45) is 5.92 Å². The molecule has 0 aromatic rings. The van der Waals surface area contributed by atoms with Crippen molar-refractivity contribution in [2.45, 2.75) is 25.8 Å². The third-order valence-corrected chi connectivity index (χ3v) is 2.74.